The van der Waals surface area contributed by atoms with Crippen molar-refractivity contribution in [3.8, 4) is 12.3 Å². The van der Waals surface area contributed by atoms with Gasteiger partial charge in [-0.2, -0.15) is 0 Å². The van der Waals surface area contributed by atoms with Crippen LogP contribution in [0.2, 0.25) is 0 Å². The first kappa shape index (κ1) is 8.83. The van der Waals surface area contributed by atoms with Crippen LogP contribution in [0.4, 0.5) is 0 Å². The summed E-state index contributed by atoms with van der Waals surface area (Å²) < 4.78 is 1.18. The van der Waals surface area contributed by atoms with Crippen LogP contribution in [0.25, 0.3) is 0 Å². The lowest BCUT2D eigenvalue weighted by atomic mass is 10.1. The molecule has 0 aliphatic carbocycles. The van der Waals surface area contributed by atoms with Gasteiger partial charge in [0, 0.05) is 10.8 Å². The Labute approximate surface area is 79.8 Å². The van der Waals surface area contributed by atoms with E-state index in [1.54, 1.807) is 11.3 Å². The Hall–Kier alpha value is -0.260. The predicted molar refractivity (Wildman–Crippen MR) is 53.7 cm³/mol. The van der Waals surface area contributed by atoms with Crippen molar-refractivity contribution in [2.24, 2.45) is 5.92 Å². The average Bonchev–Trinajstić information content (AvgIpc) is 2.35. The lowest BCUT2D eigenvalue weighted by Crippen LogP contribution is -1.92. The SMILES string of the molecule is C#CC(C)Cc1ccc(Br)s1. The summed E-state index contributed by atoms with van der Waals surface area (Å²) in [6.07, 6.45) is 6.26. The van der Waals surface area contributed by atoms with Crippen molar-refractivity contribution in [1.82, 2.24) is 0 Å². The molecule has 1 unspecified atom stereocenters. The van der Waals surface area contributed by atoms with Crippen molar-refractivity contribution in [1.29, 1.82) is 0 Å². The van der Waals surface area contributed by atoms with Gasteiger partial charge in [0.05, 0.1) is 3.79 Å². The zero-order valence-electron chi connectivity index (χ0n) is 6.30. The lowest BCUT2D eigenvalue weighted by molar-refractivity contribution is 0.761. The van der Waals surface area contributed by atoms with Crippen LogP contribution < -0.4 is 0 Å². The topological polar surface area (TPSA) is 0 Å². The zero-order chi connectivity index (χ0) is 8.27. The third kappa shape index (κ3) is 2.69. The molecule has 0 spiro atoms. The second-order valence-electron chi connectivity index (χ2n) is 2.48. The van der Waals surface area contributed by atoms with E-state index in [1.165, 1.54) is 8.66 Å². The van der Waals surface area contributed by atoms with Gasteiger partial charge < -0.3 is 0 Å². The maximum atomic E-state index is 5.27. The van der Waals surface area contributed by atoms with Crippen molar-refractivity contribution >= 4 is 27.3 Å². The molecule has 1 aromatic heterocycles. The third-order valence-electron chi connectivity index (χ3n) is 1.42. The largest absolute Gasteiger partial charge is 0.133 e. The minimum atomic E-state index is 0.348. The fourth-order valence-electron chi connectivity index (χ4n) is 0.822. The lowest BCUT2D eigenvalue weighted by Gasteiger charge is -1.98. The van der Waals surface area contributed by atoms with Gasteiger partial charge in [0.25, 0.3) is 0 Å². The van der Waals surface area contributed by atoms with Crippen LogP contribution in [0.3, 0.4) is 0 Å². The van der Waals surface area contributed by atoms with Crippen molar-refractivity contribution in [3.63, 3.8) is 0 Å². The first-order chi connectivity index (χ1) is 5.22. The summed E-state index contributed by atoms with van der Waals surface area (Å²) in [5, 5.41) is 0. The number of thiophene rings is 1. The summed E-state index contributed by atoms with van der Waals surface area (Å²) in [4.78, 5) is 1.35. The highest BCUT2D eigenvalue weighted by Crippen LogP contribution is 2.23. The highest BCUT2D eigenvalue weighted by molar-refractivity contribution is 9.11. The molecule has 0 saturated carbocycles. The molecule has 0 bridgehead atoms. The van der Waals surface area contributed by atoms with E-state index in [-0.39, 0.29) is 0 Å². The third-order valence-corrected chi connectivity index (χ3v) is 3.07. The molecule has 1 rings (SSSR count). The number of hydrogen-bond donors (Lipinski definition) is 0. The van der Waals surface area contributed by atoms with E-state index in [0.29, 0.717) is 5.92 Å². The number of halogens is 1. The van der Waals surface area contributed by atoms with Crippen molar-refractivity contribution in [3.05, 3.63) is 20.8 Å². The van der Waals surface area contributed by atoms with Gasteiger partial charge in [0.2, 0.25) is 0 Å². The molecule has 0 saturated heterocycles. The molecule has 0 aliphatic heterocycles. The van der Waals surface area contributed by atoms with E-state index in [2.05, 4.69) is 40.9 Å². The van der Waals surface area contributed by atoms with Crippen LogP contribution in [0.15, 0.2) is 15.9 Å². The second kappa shape index (κ2) is 3.94. The molecule has 0 nitrogen and oxygen atoms in total. The molecule has 0 aliphatic rings. The maximum Gasteiger partial charge on any atom is 0.0701 e. The summed E-state index contributed by atoms with van der Waals surface area (Å²) >= 11 is 5.16. The minimum absolute atomic E-state index is 0.348. The Morgan fingerprint density at radius 3 is 2.91 bits per heavy atom. The Morgan fingerprint density at radius 2 is 2.45 bits per heavy atom. The molecule has 1 heterocycles. The van der Waals surface area contributed by atoms with E-state index in [0.717, 1.165) is 6.42 Å². The molecule has 11 heavy (non-hydrogen) atoms. The molecular formula is C9H9BrS. The Balaban J connectivity index is 2.59. The molecule has 1 aromatic rings. The highest BCUT2D eigenvalue weighted by Gasteiger charge is 2.01. The van der Waals surface area contributed by atoms with Crippen LogP contribution in [-0.4, -0.2) is 0 Å². The van der Waals surface area contributed by atoms with E-state index in [9.17, 15) is 0 Å². The minimum Gasteiger partial charge on any atom is -0.133 e. The van der Waals surface area contributed by atoms with Gasteiger partial charge in [-0.05, 0) is 34.5 Å². The predicted octanol–water partition coefficient (Wildman–Crippen LogP) is 3.32. The maximum absolute atomic E-state index is 5.27. The Kier molecular flexibility index (Phi) is 3.16. The van der Waals surface area contributed by atoms with Crippen LogP contribution in [0, 0.1) is 18.3 Å². The standard InChI is InChI=1S/C9H9BrS/c1-3-7(2)6-8-4-5-9(10)11-8/h1,4-5,7H,6H2,2H3. The quantitative estimate of drug-likeness (QED) is 0.682. The van der Waals surface area contributed by atoms with Crippen LogP contribution in [0.5, 0.6) is 0 Å². The van der Waals surface area contributed by atoms with Gasteiger partial charge in [0.15, 0.2) is 0 Å². The molecule has 0 amide bonds. The highest BCUT2D eigenvalue weighted by atomic mass is 79.9. The summed E-state index contributed by atoms with van der Waals surface area (Å²) in [7, 11) is 0. The molecule has 0 aromatic carbocycles. The summed E-state index contributed by atoms with van der Waals surface area (Å²) in [6.45, 7) is 2.06. The first-order valence-corrected chi connectivity index (χ1v) is 5.03. The number of hydrogen-bond acceptors (Lipinski definition) is 1. The summed E-state index contributed by atoms with van der Waals surface area (Å²) in [5.74, 6) is 3.06. The number of terminal acetylenes is 1. The average molecular weight is 229 g/mol. The van der Waals surface area contributed by atoms with Crippen molar-refractivity contribution < 1.29 is 0 Å². The van der Waals surface area contributed by atoms with Gasteiger partial charge in [-0.3, -0.25) is 0 Å². The van der Waals surface area contributed by atoms with Gasteiger partial charge >= 0.3 is 0 Å². The zero-order valence-corrected chi connectivity index (χ0v) is 8.71. The van der Waals surface area contributed by atoms with Crippen LogP contribution in [-0.2, 0) is 6.42 Å². The molecule has 0 fully saturated rings. The fourth-order valence-corrected chi connectivity index (χ4v) is 2.43. The van der Waals surface area contributed by atoms with Crippen LogP contribution in [0.1, 0.15) is 11.8 Å². The number of rotatable bonds is 2. The van der Waals surface area contributed by atoms with Crippen molar-refractivity contribution in [2.45, 2.75) is 13.3 Å². The van der Waals surface area contributed by atoms with Gasteiger partial charge in [-0.1, -0.05) is 6.92 Å². The Morgan fingerprint density at radius 1 is 1.73 bits per heavy atom. The summed E-state index contributed by atoms with van der Waals surface area (Å²) in [6, 6.07) is 4.17. The summed E-state index contributed by atoms with van der Waals surface area (Å²) in [5.41, 5.74) is 0. The first-order valence-electron chi connectivity index (χ1n) is 3.42. The molecule has 0 N–H and O–H groups in total. The molecular weight excluding hydrogens is 220 g/mol. The molecule has 2 heteroatoms. The van der Waals surface area contributed by atoms with E-state index in [1.807, 2.05) is 0 Å². The van der Waals surface area contributed by atoms with Gasteiger partial charge in [-0.15, -0.1) is 23.7 Å². The molecule has 58 valence electrons. The normalized spacial score (nSPS) is 12.5. The van der Waals surface area contributed by atoms with E-state index >= 15 is 0 Å². The monoisotopic (exact) mass is 228 g/mol. The molecule has 0 radical (unpaired) electrons. The Bertz CT molecular complexity index is 269. The van der Waals surface area contributed by atoms with Gasteiger partial charge in [0.1, 0.15) is 0 Å². The fraction of sp³-hybridized carbons (Fsp3) is 0.333. The van der Waals surface area contributed by atoms with Crippen LogP contribution >= 0.6 is 27.3 Å². The van der Waals surface area contributed by atoms with E-state index < -0.39 is 0 Å². The molecule has 1 atom stereocenters. The van der Waals surface area contributed by atoms with Gasteiger partial charge in [-0.25, -0.2) is 0 Å². The van der Waals surface area contributed by atoms with E-state index in [4.69, 9.17) is 6.42 Å². The second-order valence-corrected chi connectivity index (χ2v) is 5.03. The van der Waals surface area contributed by atoms with Crippen molar-refractivity contribution in [2.75, 3.05) is 0 Å². The smallest absolute Gasteiger partial charge is 0.0701 e.